The molecule has 0 aliphatic heterocycles. The number of aryl methyl sites for hydroxylation is 1. The molecule has 0 aromatic heterocycles. The van der Waals surface area contributed by atoms with Crippen molar-refractivity contribution in [2.24, 2.45) is 5.92 Å². The van der Waals surface area contributed by atoms with Gasteiger partial charge in [-0.2, -0.15) is 0 Å². The van der Waals surface area contributed by atoms with Crippen LogP contribution in [0.4, 0.5) is 0 Å². The number of rotatable bonds is 6. The molecule has 2 rings (SSSR count). The van der Waals surface area contributed by atoms with Crippen LogP contribution >= 0.6 is 15.9 Å². The number of alkyl halides is 1. The molecule has 104 valence electrons. The zero-order chi connectivity index (χ0) is 13.5. The van der Waals surface area contributed by atoms with Gasteiger partial charge in [0.15, 0.2) is 0 Å². The Morgan fingerprint density at radius 2 is 2.05 bits per heavy atom. The lowest BCUT2D eigenvalue weighted by Gasteiger charge is -2.18. The highest BCUT2D eigenvalue weighted by Crippen LogP contribution is 2.27. The molecule has 1 fully saturated rings. The third kappa shape index (κ3) is 4.64. The summed E-state index contributed by atoms with van der Waals surface area (Å²) in [6.45, 7) is 0. The van der Waals surface area contributed by atoms with E-state index < -0.39 is 0 Å². The van der Waals surface area contributed by atoms with Crippen molar-refractivity contribution in [1.82, 2.24) is 5.32 Å². The summed E-state index contributed by atoms with van der Waals surface area (Å²) >= 11 is 3.54. The smallest absolute Gasteiger partial charge is 0.220 e. The molecule has 19 heavy (non-hydrogen) atoms. The fourth-order valence-corrected chi connectivity index (χ4v) is 3.56. The molecule has 0 bridgehead atoms. The topological polar surface area (TPSA) is 29.1 Å². The molecule has 1 amide bonds. The number of nitrogens with one attached hydrogen (secondary N) is 1. The quantitative estimate of drug-likeness (QED) is 0.795. The number of amides is 1. The molecule has 1 aromatic carbocycles. The second-order valence-electron chi connectivity index (χ2n) is 5.36. The van der Waals surface area contributed by atoms with E-state index in [0.29, 0.717) is 18.4 Å². The fourth-order valence-electron chi connectivity index (χ4n) is 2.79. The SMILES string of the molecule is O=C(CCCc1ccccc1)NC1CCCC1CBr. The number of benzene rings is 1. The maximum absolute atomic E-state index is 11.9. The molecule has 0 heterocycles. The second kappa shape index (κ2) is 7.68. The summed E-state index contributed by atoms with van der Waals surface area (Å²) in [4.78, 5) is 11.9. The number of carbonyl (C=O) groups excluding carboxylic acids is 1. The lowest BCUT2D eigenvalue weighted by Crippen LogP contribution is -2.37. The molecule has 2 nitrogen and oxygen atoms in total. The minimum absolute atomic E-state index is 0.216. The molecule has 0 spiro atoms. The van der Waals surface area contributed by atoms with Gasteiger partial charge >= 0.3 is 0 Å². The van der Waals surface area contributed by atoms with Crippen molar-refractivity contribution in [2.45, 2.75) is 44.6 Å². The van der Waals surface area contributed by atoms with Crippen molar-refractivity contribution in [2.75, 3.05) is 5.33 Å². The van der Waals surface area contributed by atoms with E-state index in [2.05, 4.69) is 45.5 Å². The van der Waals surface area contributed by atoms with Gasteiger partial charge in [0.05, 0.1) is 0 Å². The van der Waals surface area contributed by atoms with Gasteiger partial charge in [-0.1, -0.05) is 52.7 Å². The molecular weight excluding hydrogens is 302 g/mol. The molecule has 1 aliphatic rings. The van der Waals surface area contributed by atoms with E-state index in [-0.39, 0.29) is 5.91 Å². The lowest BCUT2D eigenvalue weighted by molar-refractivity contribution is -0.122. The summed E-state index contributed by atoms with van der Waals surface area (Å²) in [6.07, 6.45) is 6.18. The largest absolute Gasteiger partial charge is 0.353 e. The molecule has 1 saturated carbocycles. The van der Waals surface area contributed by atoms with Crippen LogP contribution in [0.25, 0.3) is 0 Å². The van der Waals surface area contributed by atoms with Crippen LogP contribution in [0.3, 0.4) is 0 Å². The van der Waals surface area contributed by atoms with Gasteiger partial charge in [-0.15, -0.1) is 0 Å². The maximum atomic E-state index is 11.9. The predicted octanol–water partition coefficient (Wildman–Crippen LogP) is 3.69. The van der Waals surface area contributed by atoms with Gasteiger partial charge in [-0.25, -0.2) is 0 Å². The minimum atomic E-state index is 0.216. The molecule has 1 aliphatic carbocycles. The predicted molar refractivity (Wildman–Crippen MR) is 82.4 cm³/mol. The zero-order valence-electron chi connectivity index (χ0n) is 11.3. The maximum Gasteiger partial charge on any atom is 0.220 e. The van der Waals surface area contributed by atoms with Gasteiger partial charge in [0.1, 0.15) is 0 Å². The highest BCUT2D eigenvalue weighted by Gasteiger charge is 2.27. The Kier molecular flexibility index (Phi) is 5.90. The van der Waals surface area contributed by atoms with Crippen molar-refractivity contribution in [3.63, 3.8) is 0 Å². The van der Waals surface area contributed by atoms with E-state index >= 15 is 0 Å². The van der Waals surface area contributed by atoms with Crippen LogP contribution in [0.1, 0.15) is 37.7 Å². The summed E-state index contributed by atoms with van der Waals surface area (Å²) in [5, 5.41) is 4.20. The van der Waals surface area contributed by atoms with Gasteiger partial charge in [0.25, 0.3) is 0 Å². The van der Waals surface area contributed by atoms with Crippen molar-refractivity contribution < 1.29 is 4.79 Å². The van der Waals surface area contributed by atoms with Crippen molar-refractivity contribution >= 4 is 21.8 Å². The highest BCUT2D eigenvalue weighted by atomic mass is 79.9. The fraction of sp³-hybridized carbons (Fsp3) is 0.562. The van der Waals surface area contributed by atoms with Crippen molar-refractivity contribution in [3.8, 4) is 0 Å². The molecule has 2 atom stereocenters. The third-order valence-electron chi connectivity index (χ3n) is 3.92. The normalized spacial score (nSPS) is 22.4. The molecule has 0 saturated heterocycles. The Bertz CT molecular complexity index is 393. The van der Waals surface area contributed by atoms with E-state index in [1.165, 1.54) is 18.4 Å². The Balaban J connectivity index is 1.67. The van der Waals surface area contributed by atoms with Crippen LogP contribution in [0.2, 0.25) is 0 Å². The van der Waals surface area contributed by atoms with Gasteiger partial charge in [0, 0.05) is 17.8 Å². The standard InChI is InChI=1S/C16H22BrNO/c17-12-14-9-5-10-15(14)18-16(19)11-4-8-13-6-2-1-3-7-13/h1-3,6-7,14-15H,4-5,8-12H2,(H,18,19). The molecule has 0 radical (unpaired) electrons. The Morgan fingerprint density at radius 1 is 1.26 bits per heavy atom. The summed E-state index contributed by atoms with van der Waals surface area (Å²) < 4.78 is 0. The van der Waals surface area contributed by atoms with E-state index in [1.54, 1.807) is 0 Å². The summed E-state index contributed by atoms with van der Waals surface area (Å²) in [7, 11) is 0. The van der Waals surface area contributed by atoms with Gasteiger partial charge < -0.3 is 5.32 Å². The molecule has 2 unspecified atom stereocenters. The number of hydrogen-bond donors (Lipinski definition) is 1. The van der Waals surface area contributed by atoms with Crippen molar-refractivity contribution in [3.05, 3.63) is 35.9 Å². The van der Waals surface area contributed by atoms with E-state index in [4.69, 9.17) is 0 Å². The molecule has 1 aromatic rings. The first kappa shape index (κ1) is 14.6. The Labute approximate surface area is 124 Å². The van der Waals surface area contributed by atoms with E-state index in [1.807, 2.05) is 6.07 Å². The first-order valence-corrected chi connectivity index (χ1v) is 8.31. The highest BCUT2D eigenvalue weighted by molar-refractivity contribution is 9.09. The first-order chi connectivity index (χ1) is 9.29. The monoisotopic (exact) mass is 323 g/mol. The minimum Gasteiger partial charge on any atom is -0.353 e. The van der Waals surface area contributed by atoms with Gasteiger partial charge in [0.2, 0.25) is 5.91 Å². The number of halogens is 1. The van der Waals surface area contributed by atoms with Crippen LogP contribution in [0.15, 0.2) is 30.3 Å². The van der Waals surface area contributed by atoms with Crippen molar-refractivity contribution in [1.29, 1.82) is 0 Å². The Hall–Kier alpha value is -0.830. The van der Waals surface area contributed by atoms with Crippen LogP contribution in [-0.2, 0) is 11.2 Å². The summed E-state index contributed by atoms with van der Waals surface area (Å²) in [5.74, 6) is 0.840. The third-order valence-corrected chi connectivity index (χ3v) is 4.75. The summed E-state index contributed by atoms with van der Waals surface area (Å²) in [5.41, 5.74) is 1.31. The Morgan fingerprint density at radius 3 is 2.79 bits per heavy atom. The van der Waals surface area contributed by atoms with Crippen LogP contribution in [0, 0.1) is 5.92 Å². The van der Waals surface area contributed by atoms with Crippen LogP contribution in [0.5, 0.6) is 0 Å². The van der Waals surface area contributed by atoms with Gasteiger partial charge in [-0.05, 0) is 37.2 Å². The van der Waals surface area contributed by atoms with Gasteiger partial charge in [-0.3, -0.25) is 4.79 Å². The average molecular weight is 324 g/mol. The van der Waals surface area contributed by atoms with Crippen LogP contribution in [-0.4, -0.2) is 17.3 Å². The number of hydrogen-bond acceptors (Lipinski definition) is 1. The second-order valence-corrected chi connectivity index (χ2v) is 6.01. The molecular formula is C16H22BrNO. The molecule has 3 heteroatoms. The average Bonchev–Trinajstić information content (AvgIpc) is 2.87. The first-order valence-electron chi connectivity index (χ1n) is 7.19. The van der Waals surface area contributed by atoms with E-state index in [0.717, 1.165) is 24.6 Å². The van der Waals surface area contributed by atoms with Crippen LogP contribution < -0.4 is 5.32 Å². The van der Waals surface area contributed by atoms with E-state index in [9.17, 15) is 4.79 Å². The molecule has 1 N–H and O–H groups in total. The summed E-state index contributed by atoms with van der Waals surface area (Å²) in [6, 6.07) is 10.8. The lowest BCUT2D eigenvalue weighted by atomic mass is 10.1. The number of carbonyl (C=O) groups is 1. The zero-order valence-corrected chi connectivity index (χ0v) is 12.9.